The lowest BCUT2D eigenvalue weighted by atomic mass is 9.84. The van der Waals surface area contributed by atoms with E-state index in [-0.39, 0.29) is 23.4 Å². The number of carboxylic acids is 1. The Bertz CT molecular complexity index is 1150. The number of carbonyl (C=O) groups excluding carboxylic acids is 2. The monoisotopic (exact) mass is 577 g/mol. The zero-order valence-electron chi connectivity index (χ0n) is 25.2. The van der Waals surface area contributed by atoms with Gasteiger partial charge < -0.3 is 20.1 Å². The SMILES string of the molecule is CCCCN(C(=O)[C@H](CC1CCCCC1)NC(C)=O)C1CCN(Cc2ccc(Oc3ccc(C(=O)O)cc3)cc2)CC1. The maximum atomic E-state index is 13.9. The van der Waals surface area contributed by atoms with Gasteiger partial charge in [-0.05, 0) is 73.6 Å². The number of piperidine rings is 1. The van der Waals surface area contributed by atoms with Crippen molar-refractivity contribution >= 4 is 17.8 Å². The maximum absolute atomic E-state index is 13.9. The zero-order chi connectivity index (χ0) is 29.9. The van der Waals surface area contributed by atoms with E-state index < -0.39 is 12.0 Å². The summed E-state index contributed by atoms with van der Waals surface area (Å²) in [7, 11) is 0. The molecule has 2 amide bonds. The van der Waals surface area contributed by atoms with E-state index in [2.05, 4.69) is 34.2 Å². The van der Waals surface area contributed by atoms with Gasteiger partial charge in [0, 0.05) is 39.1 Å². The average Bonchev–Trinajstić information content (AvgIpc) is 2.99. The number of nitrogens with zero attached hydrogens (tertiary/aromatic N) is 2. The van der Waals surface area contributed by atoms with Gasteiger partial charge in [0.15, 0.2) is 0 Å². The van der Waals surface area contributed by atoms with Crippen LogP contribution in [-0.2, 0) is 16.1 Å². The Hall–Kier alpha value is -3.39. The van der Waals surface area contributed by atoms with E-state index in [1.807, 2.05) is 12.1 Å². The van der Waals surface area contributed by atoms with Gasteiger partial charge in [-0.15, -0.1) is 0 Å². The van der Waals surface area contributed by atoms with E-state index in [0.29, 0.717) is 17.4 Å². The van der Waals surface area contributed by atoms with Gasteiger partial charge in [-0.25, -0.2) is 4.79 Å². The lowest BCUT2D eigenvalue weighted by Gasteiger charge is -2.40. The van der Waals surface area contributed by atoms with Gasteiger partial charge in [-0.2, -0.15) is 0 Å². The summed E-state index contributed by atoms with van der Waals surface area (Å²) < 4.78 is 5.87. The molecule has 1 saturated heterocycles. The molecule has 2 fully saturated rings. The molecular formula is C34H47N3O5. The Morgan fingerprint density at radius 2 is 1.57 bits per heavy atom. The number of unbranched alkanes of at least 4 members (excludes halogenated alkanes) is 1. The summed E-state index contributed by atoms with van der Waals surface area (Å²) in [6, 6.07) is 14.2. The van der Waals surface area contributed by atoms with Crippen LogP contribution >= 0.6 is 0 Å². The number of hydrogen-bond acceptors (Lipinski definition) is 5. The molecule has 2 aromatic rings. The fraction of sp³-hybridized carbons (Fsp3) is 0.559. The van der Waals surface area contributed by atoms with Crippen LogP contribution < -0.4 is 10.1 Å². The van der Waals surface area contributed by atoms with Gasteiger partial charge in [-0.3, -0.25) is 14.5 Å². The van der Waals surface area contributed by atoms with Crippen LogP contribution in [-0.4, -0.2) is 64.4 Å². The molecule has 2 aromatic carbocycles. The van der Waals surface area contributed by atoms with Crippen molar-refractivity contribution in [2.24, 2.45) is 5.92 Å². The third kappa shape index (κ3) is 9.31. The summed E-state index contributed by atoms with van der Waals surface area (Å²) >= 11 is 0. The topological polar surface area (TPSA) is 99.2 Å². The molecule has 2 aliphatic rings. The predicted molar refractivity (Wildman–Crippen MR) is 164 cm³/mol. The fourth-order valence-corrected chi connectivity index (χ4v) is 6.34. The predicted octanol–water partition coefficient (Wildman–Crippen LogP) is 6.25. The van der Waals surface area contributed by atoms with E-state index in [1.54, 1.807) is 12.1 Å². The molecule has 0 bridgehead atoms. The van der Waals surface area contributed by atoms with E-state index in [4.69, 9.17) is 9.84 Å². The minimum Gasteiger partial charge on any atom is -0.478 e. The van der Waals surface area contributed by atoms with Gasteiger partial charge in [0.1, 0.15) is 17.5 Å². The van der Waals surface area contributed by atoms with Crippen molar-refractivity contribution < 1.29 is 24.2 Å². The number of nitrogens with one attached hydrogen (secondary N) is 1. The van der Waals surface area contributed by atoms with Crippen LogP contribution in [0.4, 0.5) is 0 Å². The summed E-state index contributed by atoms with van der Waals surface area (Å²) in [5, 5.41) is 12.1. The molecule has 42 heavy (non-hydrogen) atoms. The molecule has 0 radical (unpaired) electrons. The van der Waals surface area contributed by atoms with Crippen molar-refractivity contribution in [2.75, 3.05) is 19.6 Å². The number of ether oxygens (including phenoxy) is 1. The minimum atomic E-state index is -0.959. The van der Waals surface area contributed by atoms with Crippen LogP contribution in [0.1, 0.15) is 94.0 Å². The first kappa shape index (κ1) is 31.5. The summed E-state index contributed by atoms with van der Waals surface area (Å²) in [5.74, 6) is 0.838. The second-order valence-electron chi connectivity index (χ2n) is 12.0. The highest BCUT2D eigenvalue weighted by atomic mass is 16.5. The molecule has 1 saturated carbocycles. The highest BCUT2D eigenvalue weighted by molar-refractivity contribution is 5.88. The highest BCUT2D eigenvalue weighted by Gasteiger charge is 2.33. The second-order valence-corrected chi connectivity index (χ2v) is 12.0. The molecule has 8 heteroatoms. The fourth-order valence-electron chi connectivity index (χ4n) is 6.34. The van der Waals surface area contributed by atoms with Crippen molar-refractivity contribution in [1.82, 2.24) is 15.1 Å². The zero-order valence-corrected chi connectivity index (χ0v) is 25.2. The Morgan fingerprint density at radius 1 is 0.952 bits per heavy atom. The third-order valence-electron chi connectivity index (χ3n) is 8.67. The Morgan fingerprint density at radius 3 is 2.14 bits per heavy atom. The third-order valence-corrected chi connectivity index (χ3v) is 8.67. The molecular weight excluding hydrogens is 530 g/mol. The van der Waals surface area contributed by atoms with Gasteiger partial charge >= 0.3 is 5.97 Å². The minimum absolute atomic E-state index is 0.107. The van der Waals surface area contributed by atoms with E-state index >= 15 is 0 Å². The summed E-state index contributed by atoms with van der Waals surface area (Å²) in [6.07, 6.45) is 10.7. The number of hydrogen-bond donors (Lipinski definition) is 2. The summed E-state index contributed by atoms with van der Waals surface area (Å²) in [5.41, 5.74) is 1.42. The average molecular weight is 578 g/mol. The van der Waals surface area contributed by atoms with E-state index in [0.717, 1.165) is 71.1 Å². The van der Waals surface area contributed by atoms with E-state index in [1.165, 1.54) is 43.9 Å². The largest absolute Gasteiger partial charge is 0.478 e. The molecule has 2 N–H and O–H groups in total. The van der Waals surface area contributed by atoms with Crippen LogP contribution in [0.5, 0.6) is 11.5 Å². The van der Waals surface area contributed by atoms with E-state index in [9.17, 15) is 14.4 Å². The van der Waals surface area contributed by atoms with Gasteiger partial charge in [0.05, 0.1) is 5.56 Å². The smallest absolute Gasteiger partial charge is 0.335 e. The van der Waals surface area contributed by atoms with Crippen molar-refractivity contribution in [1.29, 1.82) is 0 Å². The molecule has 8 nitrogen and oxygen atoms in total. The van der Waals surface area contributed by atoms with Gasteiger partial charge in [0.2, 0.25) is 11.8 Å². The van der Waals surface area contributed by atoms with Crippen LogP contribution in [0.3, 0.4) is 0 Å². The first-order valence-corrected chi connectivity index (χ1v) is 15.7. The number of carboxylic acid groups (broad SMARTS) is 1. The molecule has 0 aromatic heterocycles. The second kappa shape index (κ2) is 15.7. The van der Waals surface area contributed by atoms with Gasteiger partial charge in [-0.1, -0.05) is 57.6 Å². The Balaban J connectivity index is 1.31. The van der Waals surface area contributed by atoms with Crippen LogP contribution in [0.2, 0.25) is 0 Å². The Kier molecular flexibility index (Phi) is 11.8. The van der Waals surface area contributed by atoms with Crippen molar-refractivity contribution in [3.05, 3.63) is 59.7 Å². The molecule has 1 heterocycles. The molecule has 0 spiro atoms. The van der Waals surface area contributed by atoms with Crippen molar-refractivity contribution in [3.8, 4) is 11.5 Å². The Labute approximate surface area is 250 Å². The molecule has 1 aliphatic heterocycles. The summed E-state index contributed by atoms with van der Waals surface area (Å²) in [6.45, 7) is 7.10. The van der Waals surface area contributed by atoms with Crippen molar-refractivity contribution in [3.63, 3.8) is 0 Å². The van der Waals surface area contributed by atoms with Crippen LogP contribution in [0.15, 0.2) is 48.5 Å². The maximum Gasteiger partial charge on any atom is 0.335 e. The standard InChI is InChI=1S/C34H47N3O5/c1-3-4-20-37(33(39)32(35-25(2)38)23-26-8-6-5-7-9-26)29-18-21-36(22-19-29)24-27-10-14-30(15-11-27)42-31-16-12-28(13-17-31)34(40)41/h10-17,26,29,32H,3-9,18-24H2,1-2H3,(H,35,38)(H,40,41)/t32-/m0/s1. The number of aromatic carboxylic acids is 1. The molecule has 1 atom stereocenters. The summed E-state index contributed by atoms with van der Waals surface area (Å²) in [4.78, 5) is 41.5. The van der Waals surface area contributed by atoms with Crippen LogP contribution in [0, 0.1) is 5.92 Å². The highest BCUT2D eigenvalue weighted by Crippen LogP contribution is 2.29. The number of carbonyl (C=O) groups is 3. The normalized spacial score (nSPS) is 17.4. The number of benzene rings is 2. The number of likely N-dealkylation sites (tertiary alicyclic amines) is 1. The first-order chi connectivity index (χ1) is 20.3. The molecule has 0 unspecified atom stereocenters. The van der Waals surface area contributed by atoms with Crippen LogP contribution in [0.25, 0.3) is 0 Å². The molecule has 228 valence electrons. The van der Waals surface area contributed by atoms with Crippen molar-refractivity contribution in [2.45, 2.75) is 96.7 Å². The quantitative estimate of drug-likeness (QED) is 0.292. The van der Waals surface area contributed by atoms with Gasteiger partial charge in [0.25, 0.3) is 0 Å². The lowest BCUT2D eigenvalue weighted by molar-refractivity contribution is -0.139. The lowest BCUT2D eigenvalue weighted by Crippen LogP contribution is -2.54. The number of amides is 2. The first-order valence-electron chi connectivity index (χ1n) is 15.7. The number of rotatable bonds is 13. The molecule has 4 rings (SSSR count). The molecule has 1 aliphatic carbocycles.